The third-order valence-corrected chi connectivity index (χ3v) is 4.70. The Labute approximate surface area is 123 Å². The molecule has 0 spiro atoms. The minimum absolute atomic E-state index is 0.0870. The fourth-order valence-corrected chi connectivity index (χ4v) is 3.23. The van der Waals surface area contributed by atoms with Gasteiger partial charge in [0.05, 0.1) is 17.6 Å². The van der Waals surface area contributed by atoms with Gasteiger partial charge in [0, 0.05) is 0 Å². The quantitative estimate of drug-likeness (QED) is 0.779. The summed E-state index contributed by atoms with van der Waals surface area (Å²) >= 11 is 0. The highest BCUT2D eigenvalue weighted by atomic mass is 32.2. The Kier molecular flexibility index (Phi) is 5.08. The minimum atomic E-state index is -4.06. The molecule has 0 radical (unpaired) electrons. The van der Waals surface area contributed by atoms with Crippen LogP contribution in [-0.2, 0) is 19.6 Å². The van der Waals surface area contributed by atoms with Crippen molar-refractivity contribution in [2.45, 2.75) is 31.7 Å². The highest BCUT2D eigenvalue weighted by Gasteiger charge is 2.25. The van der Waals surface area contributed by atoms with Crippen molar-refractivity contribution >= 4 is 22.0 Å². The van der Waals surface area contributed by atoms with Crippen molar-refractivity contribution in [3.8, 4) is 0 Å². The van der Waals surface area contributed by atoms with Crippen molar-refractivity contribution in [3.63, 3.8) is 0 Å². The van der Waals surface area contributed by atoms with Crippen molar-refractivity contribution in [2.75, 3.05) is 7.11 Å². The lowest BCUT2D eigenvalue weighted by atomic mass is 10.1. The molecular weight excluding hydrogens is 298 g/mol. The van der Waals surface area contributed by atoms with Gasteiger partial charge in [-0.25, -0.2) is 13.2 Å². The topological polar surface area (TPSA) is 110 Å². The van der Waals surface area contributed by atoms with Gasteiger partial charge in [-0.3, -0.25) is 4.79 Å². The summed E-state index contributed by atoms with van der Waals surface area (Å²) in [6, 6.07) is 1.41. The van der Waals surface area contributed by atoms with Crippen LogP contribution < -0.4 is 4.72 Å². The molecule has 1 atom stereocenters. The summed E-state index contributed by atoms with van der Waals surface area (Å²) < 4.78 is 31.1. The van der Waals surface area contributed by atoms with Crippen LogP contribution in [0.4, 0.5) is 0 Å². The number of hydrogen-bond acceptors (Lipinski definition) is 5. The molecule has 0 saturated heterocycles. The third-order valence-electron chi connectivity index (χ3n) is 3.03. The summed E-state index contributed by atoms with van der Waals surface area (Å²) in [4.78, 5) is 22.2. The second kappa shape index (κ2) is 6.23. The maximum Gasteiger partial charge on any atom is 0.337 e. The maximum atomic E-state index is 12.3. The van der Waals surface area contributed by atoms with E-state index in [1.165, 1.54) is 26.2 Å². The van der Waals surface area contributed by atoms with E-state index >= 15 is 0 Å². The largest absolute Gasteiger partial charge is 0.480 e. The third kappa shape index (κ3) is 3.79. The van der Waals surface area contributed by atoms with Crippen molar-refractivity contribution in [1.29, 1.82) is 0 Å². The first kappa shape index (κ1) is 17.1. The second-order valence-corrected chi connectivity index (χ2v) is 6.27. The molecule has 0 heterocycles. The van der Waals surface area contributed by atoms with Gasteiger partial charge in [0.25, 0.3) is 0 Å². The number of ether oxygens (including phenoxy) is 1. The number of esters is 1. The van der Waals surface area contributed by atoms with E-state index in [0.717, 1.165) is 0 Å². The van der Waals surface area contributed by atoms with Gasteiger partial charge in [-0.1, -0.05) is 0 Å². The number of carbonyl (C=O) groups is 2. The Morgan fingerprint density at radius 2 is 1.86 bits per heavy atom. The molecule has 0 aliphatic rings. The summed E-state index contributed by atoms with van der Waals surface area (Å²) in [5, 5.41) is 8.80. The van der Waals surface area contributed by atoms with Crippen molar-refractivity contribution in [2.24, 2.45) is 0 Å². The zero-order valence-electron chi connectivity index (χ0n) is 12.1. The molecule has 21 heavy (non-hydrogen) atoms. The summed E-state index contributed by atoms with van der Waals surface area (Å²) in [5.74, 6) is -1.96. The number of aliphatic carboxylic acids is 1. The number of hydrogen-bond donors (Lipinski definition) is 2. The highest BCUT2D eigenvalue weighted by molar-refractivity contribution is 7.89. The van der Waals surface area contributed by atoms with E-state index in [1.54, 1.807) is 13.8 Å². The molecule has 0 aromatic heterocycles. The van der Waals surface area contributed by atoms with Crippen LogP contribution in [0.25, 0.3) is 0 Å². The van der Waals surface area contributed by atoms with Crippen LogP contribution in [0.2, 0.25) is 0 Å². The standard InChI is InChI=1S/C13H17NO6S/c1-7-5-10(13(17)20-4)6-11(8(7)2)21(18,19)14-9(3)12(15)16/h5-6,9,14H,1-4H3,(H,15,16)/t9-/m0/s1. The van der Waals surface area contributed by atoms with Crippen molar-refractivity contribution in [1.82, 2.24) is 4.72 Å². The fraction of sp³-hybridized carbons (Fsp3) is 0.385. The zero-order chi connectivity index (χ0) is 16.4. The van der Waals surface area contributed by atoms with Gasteiger partial charge in [-0.15, -0.1) is 0 Å². The molecule has 0 fully saturated rings. The van der Waals surface area contributed by atoms with Crippen LogP contribution in [0.5, 0.6) is 0 Å². The molecule has 0 bridgehead atoms. The molecule has 0 amide bonds. The van der Waals surface area contributed by atoms with Crippen LogP contribution in [0.3, 0.4) is 0 Å². The van der Waals surface area contributed by atoms with Gasteiger partial charge in [0.1, 0.15) is 6.04 Å². The lowest BCUT2D eigenvalue weighted by molar-refractivity contribution is -0.138. The monoisotopic (exact) mass is 315 g/mol. The Balaban J connectivity index is 3.38. The zero-order valence-corrected chi connectivity index (χ0v) is 12.9. The number of methoxy groups -OCH3 is 1. The van der Waals surface area contributed by atoms with Crippen molar-refractivity contribution in [3.05, 3.63) is 28.8 Å². The second-order valence-electron chi connectivity index (χ2n) is 4.59. The Morgan fingerprint density at radius 1 is 1.29 bits per heavy atom. The van der Waals surface area contributed by atoms with Gasteiger partial charge < -0.3 is 9.84 Å². The SMILES string of the molecule is COC(=O)c1cc(C)c(C)c(S(=O)(=O)N[C@@H](C)C(=O)O)c1. The van der Waals surface area contributed by atoms with E-state index in [-0.39, 0.29) is 10.5 Å². The first-order valence-corrected chi connectivity index (χ1v) is 7.53. The lowest BCUT2D eigenvalue weighted by Crippen LogP contribution is -2.38. The predicted molar refractivity (Wildman–Crippen MR) is 74.7 cm³/mol. The molecule has 0 unspecified atom stereocenters. The van der Waals surface area contributed by atoms with Crippen LogP contribution in [0.1, 0.15) is 28.4 Å². The molecule has 2 N–H and O–H groups in total. The fourth-order valence-electron chi connectivity index (χ4n) is 1.69. The molecule has 0 aliphatic heterocycles. The number of benzene rings is 1. The summed E-state index contributed by atoms with van der Waals surface area (Å²) in [5.41, 5.74) is 1.11. The number of nitrogens with one attached hydrogen (secondary N) is 1. The average Bonchev–Trinajstić information content (AvgIpc) is 2.39. The normalized spacial score (nSPS) is 12.8. The summed E-state index contributed by atoms with van der Waals surface area (Å²) in [6.07, 6.45) is 0. The van der Waals surface area contributed by atoms with E-state index in [4.69, 9.17) is 5.11 Å². The minimum Gasteiger partial charge on any atom is -0.480 e. The molecule has 7 nitrogen and oxygen atoms in total. The Hall–Kier alpha value is -1.93. The van der Waals surface area contributed by atoms with E-state index in [2.05, 4.69) is 4.74 Å². The number of rotatable bonds is 5. The summed E-state index contributed by atoms with van der Waals surface area (Å²) in [6.45, 7) is 4.45. The molecule has 0 aliphatic carbocycles. The number of carbonyl (C=O) groups excluding carboxylic acids is 1. The number of carboxylic acid groups (broad SMARTS) is 1. The Morgan fingerprint density at radius 3 is 2.33 bits per heavy atom. The van der Waals surface area contributed by atoms with Gasteiger partial charge in [-0.2, -0.15) is 4.72 Å². The van der Waals surface area contributed by atoms with Crippen molar-refractivity contribution < 1.29 is 27.9 Å². The van der Waals surface area contributed by atoms with E-state index in [9.17, 15) is 18.0 Å². The maximum absolute atomic E-state index is 12.3. The molecule has 1 aromatic carbocycles. The number of aryl methyl sites for hydroxylation is 1. The molecule has 8 heteroatoms. The van der Waals surface area contributed by atoms with Gasteiger partial charge in [0.2, 0.25) is 10.0 Å². The summed E-state index contributed by atoms with van der Waals surface area (Å²) in [7, 11) is -2.87. The first-order chi connectivity index (χ1) is 9.60. The van der Waals surface area contributed by atoms with Crippen LogP contribution in [-0.4, -0.2) is 38.6 Å². The van der Waals surface area contributed by atoms with E-state index < -0.39 is 28.0 Å². The number of carboxylic acids is 1. The molecule has 1 rings (SSSR count). The van der Waals surface area contributed by atoms with Crippen LogP contribution in [0.15, 0.2) is 17.0 Å². The smallest absolute Gasteiger partial charge is 0.337 e. The molecule has 0 saturated carbocycles. The van der Waals surface area contributed by atoms with Crippen LogP contribution >= 0.6 is 0 Å². The van der Waals surface area contributed by atoms with Crippen LogP contribution in [0, 0.1) is 13.8 Å². The van der Waals surface area contributed by atoms with Gasteiger partial charge in [-0.05, 0) is 44.0 Å². The molecular formula is C13H17NO6S. The van der Waals surface area contributed by atoms with E-state index in [1.807, 2.05) is 4.72 Å². The Bertz CT molecular complexity index is 680. The lowest BCUT2D eigenvalue weighted by Gasteiger charge is -2.14. The first-order valence-electron chi connectivity index (χ1n) is 6.05. The van der Waals surface area contributed by atoms with Gasteiger partial charge >= 0.3 is 11.9 Å². The average molecular weight is 315 g/mol. The van der Waals surface area contributed by atoms with E-state index in [0.29, 0.717) is 11.1 Å². The highest BCUT2D eigenvalue weighted by Crippen LogP contribution is 2.22. The number of sulfonamides is 1. The van der Waals surface area contributed by atoms with Gasteiger partial charge in [0.15, 0.2) is 0 Å². The molecule has 1 aromatic rings. The predicted octanol–water partition coefficient (Wildman–Crippen LogP) is 0.841. The molecule has 116 valence electrons.